The number of hydrogen-bond acceptors (Lipinski definition) is 3. The van der Waals surface area contributed by atoms with Gasteiger partial charge in [0.25, 0.3) is 0 Å². The molecule has 0 saturated carbocycles. The van der Waals surface area contributed by atoms with E-state index in [1.807, 2.05) is 31.2 Å². The molecule has 0 unspecified atom stereocenters. The Morgan fingerprint density at radius 2 is 2.18 bits per heavy atom. The lowest BCUT2D eigenvalue weighted by atomic mass is 10.1. The number of fused-ring (bicyclic) bond motifs is 1. The van der Waals surface area contributed by atoms with Gasteiger partial charge in [-0.25, -0.2) is 0 Å². The van der Waals surface area contributed by atoms with E-state index in [9.17, 15) is 0 Å². The molecule has 3 aromatic rings. The zero-order chi connectivity index (χ0) is 11.8. The van der Waals surface area contributed by atoms with Gasteiger partial charge in [0.1, 0.15) is 18.1 Å². The van der Waals surface area contributed by atoms with Crippen LogP contribution in [-0.2, 0) is 6.61 Å². The van der Waals surface area contributed by atoms with Crippen LogP contribution in [0.5, 0.6) is 0 Å². The Kier molecular flexibility index (Phi) is 2.23. The zero-order valence-electron chi connectivity index (χ0n) is 9.40. The zero-order valence-corrected chi connectivity index (χ0v) is 9.40. The number of benzene rings is 1. The summed E-state index contributed by atoms with van der Waals surface area (Å²) in [7, 11) is 0. The van der Waals surface area contributed by atoms with Crippen LogP contribution in [0.3, 0.4) is 0 Å². The Labute approximate surface area is 97.9 Å². The van der Waals surface area contributed by atoms with Crippen molar-refractivity contribution in [2.75, 3.05) is 0 Å². The maximum absolute atomic E-state index is 8.98. The smallest absolute Gasteiger partial charge is 0.155 e. The van der Waals surface area contributed by atoms with E-state index in [4.69, 9.17) is 9.52 Å². The lowest BCUT2D eigenvalue weighted by molar-refractivity contribution is 0.248. The molecule has 0 saturated heterocycles. The molecular formula is C13H12N2O2. The monoisotopic (exact) mass is 228 g/mol. The van der Waals surface area contributed by atoms with E-state index in [-0.39, 0.29) is 6.61 Å². The van der Waals surface area contributed by atoms with Gasteiger partial charge in [-0.05, 0) is 30.7 Å². The molecule has 0 amide bonds. The summed E-state index contributed by atoms with van der Waals surface area (Å²) in [5.41, 5.74) is 2.95. The van der Waals surface area contributed by atoms with Crippen LogP contribution >= 0.6 is 0 Å². The molecule has 17 heavy (non-hydrogen) atoms. The van der Waals surface area contributed by atoms with Crippen molar-refractivity contribution in [2.45, 2.75) is 13.5 Å². The number of aliphatic hydroxyl groups excluding tert-OH is 1. The highest BCUT2D eigenvalue weighted by molar-refractivity contribution is 5.91. The summed E-state index contributed by atoms with van der Waals surface area (Å²) in [6.45, 7) is 1.94. The Balaban J connectivity index is 2.17. The second-order valence-electron chi connectivity index (χ2n) is 4.05. The van der Waals surface area contributed by atoms with E-state index < -0.39 is 0 Å². The largest absolute Gasteiger partial charge is 0.457 e. The molecule has 0 aliphatic carbocycles. The van der Waals surface area contributed by atoms with Crippen LogP contribution in [0.2, 0.25) is 0 Å². The number of nitrogens with one attached hydrogen (secondary N) is 1. The third-order valence-corrected chi connectivity index (χ3v) is 2.77. The van der Waals surface area contributed by atoms with Gasteiger partial charge in [0.15, 0.2) is 5.76 Å². The topological polar surface area (TPSA) is 62.1 Å². The Hall–Kier alpha value is -2.07. The predicted octanol–water partition coefficient (Wildman–Crippen LogP) is 2.62. The Bertz CT molecular complexity index is 667. The maximum Gasteiger partial charge on any atom is 0.155 e. The first kappa shape index (κ1) is 10.1. The van der Waals surface area contributed by atoms with Crippen LogP contribution in [0, 0.1) is 6.92 Å². The minimum atomic E-state index is -0.0958. The van der Waals surface area contributed by atoms with Crippen LogP contribution in [0.4, 0.5) is 0 Å². The number of rotatable bonds is 2. The van der Waals surface area contributed by atoms with Crippen molar-refractivity contribution in [3.8, 4) is 11.5 Å². The van der Waals surface area contributed by atoms with Crippen LogP contribution in [0.15, 0.2) is 34.7 Å². The van der Waals surface area contributed by atoms with Gasteiger partial charge in [-0.3, -0.25) is 5.10 Å². The van der Waals surface area contributed by atoms with Gasteiger partial charge in [0.05, 0.1) is 5.52 Å². The highest BCUT2D eigenvalue weighted by Gasteiger charge is 2.11. The van der Waals surface area contributed by atoms with E-state index in [1.165, 1.54) is 5.56 Å². The van der Waals surface area contributed by atoms with Crippen molar-refractivity contribution >= 4 is 10.9 Å². The molecule has 0 atom stereocenters. The quantitative estimate of drug-likeness (QED) is 0.708. The van der Waals surface area contributed by atoms with Crippen molar-refractivity contribution in [2.24, 2.45) is 0 Å². The van der Waals surface area contributed by atoms with Crippen molar-refractivity contribution in [3.63, 3.8) is 0 Å². The van der Waals surface area contributed by atoms with Crippen molar-refractivity contribution < 1.29 is 9.52 Å². The van der Waals surface area contributed by atoms with Gasteiger partial charge in [-0.15, -0.1) is 0 Å². The van der Waals surface area contributed by atoms with Crippen molar-refractivity contribution in [1.29, 1.82) is 0 Å². The number of nitrogens with zero attached hydrogens (tertiary/aromatic N) is 1. The van der Waals surface area contributed by atoms with E-state index in [2.05, 4.69) is 10.2 Å². The van der Waals surface area contributed by atoms with Crippen molar-refractivity contribution in [3.05, 3.63) is 41.7 Å². The van der Waals surface area contributed by atoms with Crippen molar-refractivity contribution in [1.82, 2.24) is 10.2 Å². The average molecular weight is 228 g/mol. The first-order valence-corrected chi connectivity index (χ1v) is 5.42. The number of H-pyrrole nitrogens is 1. The molecule has 0 radical (unpaired) electrons. The fourth-order valence-corrected chi connectivity index (χ4v) is 1.91. The number of aryl methyl sites for hydroxylation is 1. The summed E-state index contributed by atoms with van der Waals surface area (Å²) in [6.07, 6.45) is 0. The molecule has 2 N–H and O–H groups in total. The molecule has 0 aliphatic rings. The molecule has 2 aromatic heterocycles. The molecule has 4 nitrogen and oxygen atoms in total. The molecule has 86 valence electrons. The molecule has 0 aliphatic heterocycles. The van der Waals surface area contributed by atoms with E-state index in [0.717, 1.165) is 16.6 Å². The highest BCUT2D eigenvalue weighted by atomic mass is 16.4. The van der Waals surface area contributed by atoms with Gasteiger partial charge < -0.3 is 9.52 Å². The Morgan fingerprint density at radius 3 is 2.94 bits per heavy atom. The summed E-state index contributed by atoms with van der Waals surface area (Å²) < 4.78 is 5.48. The summed E-state index contributed by atoms with van der Waals surface area (Å²) >= 11 is 0. The second kappa shape index (κ2) is 3.75. The molecule has 3 rings (SSSR count). The van der Waals surface area contributed by atoms with Crippen LogP contribution in [-0.4, -0.2) is 15.3 Å². The third kappa shape index (κ3) is 1.62. The van der Waals surface area contributed by atoms with E-state index >= 15 is 0 Å². The van der Waals surface area contributed by atoms with Crippen LogP contribution < -0.4 is 0 Å². The number of aromatic nitrogens is 2. The minimum absolute atomic E-state index is 0.0958. The third-order valence-electron chi connectivity index (χ3n) is 2.77. The molecule has 2 heterocycles. The number of hydrogen-bond donors (Lipinski definition) is 2. The summed E-state index contributed by atoms with van der Waals surface area (Å²) in [5, 5.41) is 17.2. The molecular weight excluding hydrogens is 216 g/mol. The second-order valence-corrected chi connectivity index (χ2v) is 4.05. The molecule has 4 heteroatoms. The minimum Gasteiger partial charge on any atom is -0.457 e. The molecule has 0 spiro atoms. The molecule has 0 fully saturated rings. The number of furan rings is 1. The Morgan fingerprint density at radius 1 is 1.29 bits per heavy atom. The first-order chi connectivity index (χ1) is 8.28. The van der Waals surface area contributed by atoms with Gasteiger partial charge in [0, 0.05) is 5.39 Å². The van der Waals surface area contributed by atoms with Gasteiger partial charge >= 0.3 is 0 Å². The normalized spacial score (nSPS) is 11.2. The fraction of sp³-hybridized carbons (Fsp3) is 0.154. The standard InChI is InChI=1S/C13H12N2O2/c1-8-2-4-10-11(6-8)14-15-13(10)12-5-3-9(7-16)17-12/h2-6,16H,7H2,1H3,(H,14,15). The van der Waals surface area contributed by atoms with Crippen LogP contribution in [0.1, 0.15) is 11.3 Å². The maximum atomic E-state index is 8.98. The predicted molar refractivity (Wildman–Crippen MR) is 64.5 cm³/mol. The summed E-state index contributed by atoms with van der Waals surface area (Å²) in [5.74, 6) is 1.22. The van der Waals surface area contributed by atoms with Gasteiger partial charge in [-0.1, -0.05) is 12.1 Å². The molecule has 1 aromatic carbocycles. The van der Waals surface area contributed by atoms with E-state index in [0.29, 0.717) is 11.5 Å². The lowest BCUT2D eigenvalue weighted by Gasteiger charge is -1.94. The van der Waals surface area contributed by atoms with Gasteiger partial charge in [0.2, 0.25) is 0 Å². The fourth-order valence-electron chi connectivity index (χ4n) is 1.91. The molecule has 0 bridgehead atoms. The number of aromatic amines is 1. The lowest BCUT2D eigenvalue weighted by Crippen LogP contribution is -1.76. The average Bonchev–Trinajstić information content (AvgIpc) is 2.93. The van der Waals surface area contributed by atoms with Gasteiger partial charge in [-0.2, -0.15) is 5.10 Å². The van der Waals surface area contributed by atoms with E-state index in [1.54, 1.807) is 6.07 Å². The number of aliphatic hydroxyl groups is 1. The summed E-state index contributed by atoms with van der Waals surface area (Å²) in [6, 6.07) is 9.68. The summed E-state index contributed by atoms with van der Waals surface area (Å²) in [4.78, 5) is 0. The SMILES string of the molecule is Cc1ccc2c(-c3ccc(CO)o3)n[nH]c2c1. The highest BCUT2D eigenvalue weighted by Crippen LogP contribution is 2.28. The van der Waals surface area contributed by atoms with Crippen LogP contribution in [0.25, 0.3) is 22.4 Å². The first-order valence-electron chi connectivity index (χ1n) is 5.42.